The molecule has 1 aromatic heterocycles. The molecule has 7 heteroatoms. The van der Waals surface area contributed by atoms with Crippen LogP contribution in [0.1, 0.15) is 43.5 Å². The predicted molar refractivity (Wildman–Crippen MR) is 95.2 cm³/mol. The van der Waals surface area contributed by atoms with Crippen molar-refractivity contribution in [2.45, 2.75) is 49.7 Å². The summed E-state index contributed by atoms with van der Waals surface area (Å²) in [5.74, 6) is 7.56. The first kappa shape index (κ1) is 16.8. The number of nitrogens with zero attached hydrogens (tertiary/aromatic N) is 3. The number of benzene rings is 1. The molecule has 0 radical (unpaired) electrons. The zero-order valence-electron chi connectivity index (χ0n) is 13.8. The molecule has 0 aliphatic heterocycles. The smallest absolute Gasteiger partial charge is 0.230 e. The monoisotopic (exact) mass is 345 g/mol. The molecule has 128 valence electrons. The van der Waals surface area contributed by atoms with Crippen molar-refractivity contribution in [3.63, 3.8) is 0 Å². The van der Waals surface area contributed by atoms with Gasteiger partial charge in [-0.3, -0.25) is 4.79 Å². The molecule has 2 aromatic rings. The van der Waals surface area contributed by atoms with E-state index in [9.17, 15) is 4.79 Å². The first-order valence-electron chi connectivity index (χ1n) is 8.30. The number of amides is 1. The molecule has 0 bridgehead atoms. The minimum absolute atomic E-state index is 0.00321. The Balaban J connectivity index is 1.40. The van der Waals surface area contributed by atoms with Crippen LogP contribution in [0.2, 0.25) is 0 Å². The number of hydrogen-bond acceptors (Lipinski definition) is 5. The van der Waals surface area contributed by atoms with Gasteiger partial charge in [0.15, 0.2) is 5.82 Å². The molecular weight excluding hydrogens is 322 g/mol. The van der Waals surface area contributed by atoms with E-state index in [2.05, 4.69) is 27.6 Å². The normalized spacial score (nSPS) is 15.2. The van der Waals surface area contributed by atoms with Crippen molar-refractivity contribution in [2.24, 2.45) is 0 Å². The lowest BCUT2D eigenvalue weighted by molar-refractivity contribution is -0.119. The van der Waals surface area contributed by atoms with Crippen molar-refractivity contribution >= 4 is 17.7 Å². The highest BCUT2D eigenvalue weighted by molar-refractivity contribution is 7.99. The summed E-state index contributed by atoms with van der Waals surface area (Å²) in [6.07, 6.45) is 4.12. The van der Waals surface area contributed by atoms with Gasteiger partial charge in [0, 0.05) is 12.0 Å². The third-order valence-electron chi connectivity index (χ3n) is 4.08. The van der Waals surface area contributed by atoms with Crippen molar-refractivity contribution in [2.75, 3.05) is 11.6 Å². The lowest BCUT2D eigenvalue weighted by atomic mass is 10.1. The Morgan fingerprint density at radius 1 is 1.38 bits per heavy atom. The Morgan fingerprint density at radius 2 is 2.12 bits per heavy atom. The Labute approximate surface area is 146 Å². The molecule has 1 fully saturated rings. The first-order chi connectivity index (χ1) is 11.6. The minimum Gasteiger partial charge on any atom is -0.353 e. The quantitative estimate of drug-likeness (QED) is 0.565. The highest BCUT2D eigenvalue weighted by atomic mass is 32.2. The van der Waals surface area contributed by atoms with E-state index in [4.69, 9.17) is 5.84 Å². The van der Waals surface area contributed by atoms with E-state index in [-0.39, 0.29) is 11.9 Å². The Kier molecular flexibility index (Phi) is 5.40. The van der Waals surface area contributed by atoms with E-state index >= 15 is 0 Å². The molecule has 6 nitrogen and oxygen atoms in total. The van der Waals surface area contributed by atoms with Gasteiger partial charge in [-0.05, 0) is 38.2 Å². The Hall–Kier alpha value is -2.02. The van der Waals surface area contributed by atoms with Crippen molar-refractivity contribution in [1.82, 2.24) is 20.2 Å². The molecule has 0 saturated heterocycles. The van der Waals surface area contributed by atoms with Crippen LogP contribution in [-0.4, -0.2) is 32.6 Å². The number of rotatable bonds is 8. The standard InChI is InChI=1S/C17H23N5OS/c1-12(7-8-13-5-3-2-4-6-13)19-15(23)11-24-17-21-20-16(22(17)18)14-9-10-14/h2-6,12,14H,7-11,18H2,1H3,(H,19,23)/t12-/m0/s1. The highest BCUT2D eigenvalue weighted by Crippen LogP contribution is 2.39. The summed E-state index contributed by atoms with van der Waals surface area (Å²) in [5.41, 5.74) is 1.29. The van der Waals surface area contributed by atoms with E-state index < -0.39 is 0 Å². The van der Waals surface area contributed by atoms with Crippen LogP contribution in [0.4, 0.5) is 0 Å². The second-order valence-corrected chi connectivity index (χ2v) is 7.21. The molecular formula is C17H23N5OS. The largest absolute Gasteiger partial charge is 0.353 e. The van der Waals surface area contributed by atoms with Gasteiger partial charge in [-0.2, -0.15) is 0 Å². The van der Waals surface area contributed by atoms with Crippen molar-refractivity contribution < 1.29 is 4.79 Å². The van der Waals surface area contributed by atoms with E-state index in [1.165, 1.54) is 22.0 Å². The van der Waals surface area contributed by atoms with Crippen molar-refractivity contribution in [1.29, 1.82) is 0 Å². The van der Waals surface area contributed by atoms with Gasteiger partial charge in [-0.15, -0.1) is 10.2 Å². The topological polar surface area (TPSA) is 85.8 Å². The maximum absolute atomic E-state index is 12.1. The molecule has 1 amide bonds. The Morgan fingerprint density at radius 3 is 2.83 bits per heavy atom. The molecule has 24 heavy (non-hydrogen) atoms. The van der Waals surface area contributed by atoms with Gasteiger partial charge in [0.1, 0.15) is 0 Å². The molecule has 1 aromatic carbocycles. The number of carbonyl (C=O) groups excluding carboxylic acids is 1. The van der Waals surface area contributed by atoms with Crippen LogP contribution in [0.15, 0.2) is 35.5 Å². The zero-order chi connectivity index (χ0) is 16.9. The molecule has 1 atom stereocenters. The predicted octanol–water partition coefficient (Wildman–Crippen LogP) is 2.10. The van der Waals surface area contributed by atoms with E-state index in [0.717, 1.165) is 31.5 Å². The van der Waals surface area contributed by atoms with Gasteiger partial charge in [0.05, 0.1) is 5.75 Å². The molecule has 1 heterocycles. The maximum Gasteiger partial charge on any atom is 0.230 e. The number of thioether (sulfide) groups is 1. The highest BCUT2D eigenvalue weighted by Gasteiger charge is 2.30. The van der Waals surface area contributed by atoms with E-state index in [1.807, 2.05) is 25.1 Å². The summed E-state index contributed by atoms with van der Waals surface area (Å²) < 4.78 is 1.52. The maximum atomic E-state index is 12.1. The van der Waals surface area contributed by atoms with Gasteiger partial charge in [0.2, 0.25) is 11.1 Å². The number of nitrogen functional groups attached to an aromatic ring is 1. The van der Waals surface area contributed by atoms with Crippen LogP contribution >= 0.6 is 11.8 Å². The third kappa shape index (κ3) is 4.50. The fourth-order valence-electron chi connectivity index (χ4n) is 2.55. The second-order valence-electron chi connectivity index (χ2n) is 6.27. The average Bonchev–Trinajstić information content (AvgIpc) is 3.36. The van der Waals surface area contributed by atoms with Crippen LogP contribution in [0.3, 0.4) is 0 Å². The SMILES string of the molecule is C[C@@H](CCc1ccccc1)NC(=O)CSc1nnc(C2CC2)n1N. The zero-order valence-corrected chi connectivity index (χ0v) is 14.6. The van der Waals surface area contributed by atoms with Crippen molar-refractivity contribution in [3.8, 4) is 0 Å². The number of hydrogen-bond donors (Lipinski definition) is 2. The summed E-state index contributed by atoms with van der Waals surface area (Å²) >= 11 is 1.33. The summed E-state index contributed by atoms with van der Waals surface area (Å²) in [7, 11) is 0. The average molecular weight is 345 g/mol. The van der Waals surface area contributed by atoms with Crippen LogP contribution in [-0.2, 0) is 11.2 Å². The summed E-state index contributed by atoms with van der Waals surface area (Å²) in [4.78, 5) is 12.1. The number of aromatic nitrogens is 3. The van der Waals surface area contributed by atoms with Crippen LogP contribution in [0, 0.1) is 0 Å². The summed E-state index contributed by atoms with van der Waals surface area (Å²) in [6, 6.07) is 10.4. The lowest BCUT2D eigenvalue weighted by Gasteiger charge is -2.13. The first-order valence-corrected chi connectivity index (χ1v) is 9.28. The van der Waals surface area contributed by atoms with Gasteiger partial charge in [-0.25, -0.2) is 4.68 Å². The van der Waals surface area contributed by atoms with Gasteiger partial charge >= 0.3 is 0 Å². The summed E-state index contributed by atoms with van der Waals surface area (Å²) in [5, 5.41) is 11.8. The molecule has 3 rings (SSSR count). The third-order valence-corrected chi connectivity index (χ3v) is 5.03. The molecule has 1 saturated carbocycles. The van der Waals surface area contributed by atoms with Crippen LogP contribution in [0.5, 0.6) is 0 Å². The minimum atomic E-state index is -0.00321. The van der Waals surface area contributed by atoms with Crippen molar-refractivity contribution in [3.05, 3.63) is 41.7 Å². The number of carbonyl (C=O) groups is 1. The van der Waals surface area contributed by atoms with Gasteiger partial charge in [0.25, 0.3) is 0 Å². The fraction of sp³-hybridized carbons (Fsp3) is 0.471. The molecule has 1 aliphatic carbocycles. The Bertz CT molecular complexity index is 684. The second kappa shape index (κ2) is 7.70. The number of nitrogens with one attached hydrogen (secondary N) is 1. The van der Waals surface area contributed by atoms with E-state index in [1.54, 1.807) is 0 Å². The van der Waals surface area contributed by atoms with Gasteiger partial charge < -0.3 is 11.2 Å². The van der Waals surface area contributed by atoms with Crippen LogP contribution < -0.4 is 11.2 Å². The molecule has 3 N–H and O–H groups in total. The van der Waals surface area contributed by atoms with Gasteiger partial charge in [-0.1, -0.05) is 42.1 Å². The van der Waals surface area contributed by atoms with E-state index in [0.29, 0.717) is 16.8 Å². The summed E-state index contributed by atoms with van der Waals surface area (Å²) in [6.45, 7) is 2.03. The molecule has 0 spiro atoms. The fourth-order valence-corrected chi connectivity index (χ4v) is 3.23. The number of aryl methyl sites for hydroxylation is 1. The molecule has 0 unspecified atom stereocenters. The lowest BCUT2D eigenvalue weighted by Crippen LogP contribution is -2.34. The van der Waals surface area contributed by atoms with Crippen LogP contribution in [0.25, 0.3) is 0 Å². The molecule has 1 aliphatic rings. The number of nitrogens with two attached hydrogens (primary N) is 1.